The van der Waals surface area contributed by atoms with E-state index >= 15 is 0 Å². The summed E-state index contributed by atoms with van der Waals surface area (Å²) in [5.41, 5.74) is 1.88. The highest BCUT2D eigenvalue weighted by molar-refractivity contribution is 7.90. The molecule has 1 aliphatic heterocycles. The van der Waals surface area contributed by atoms with E-state index in [4.69, 9.17) is 0 Å². The first kappa shape index (κ1) is 24.9. The number of carbonyl (C=O) groups is 1. The Hall–Kier alpha value is -2.72. The molecule has 1 saturated heterocycles. The molecule has 0 radical (unpaired) electrons. The minimum absolute atomic E-state index is 0.0714. The Labute approximate surface area is 196 Å². The molecule has 1 aromatic heterocycles. The summed E-state index contributed by atoms with van der Waals surface area (Å²) in [6.45, 7) is 8.79. The smallest absolute Gasteiger partial charge is 0.225 e. The Morgan fingerprint density at radius 3 is 2.18 bits per heavy atom. The Morgan fingerprint density at radius 1 is 0.970 bits per heavy atom. The third-order valence-electron chi connectivity index (χ3n) is 5.56. The fraction of sp³-hybridized carbons (Fsp3) is 0.522. The van der Waals surface area contributed by atoms with Gasteiger partial charge in [0.1, 0.15) is 0 Å². The van der Waals surface area contributed by atoms with Gasteiger partial charge in [0.25, 0.3) is 0 Å². The van der Waals surface area contributed by atoms with Gasteiger partial charge in [0.2, 0.25) is 21.9 Å². The number of nitrogens with one attached hydrogen (secondary N) is 2. The lowest BCUT2D eigenvalue weighted by Gasteiger charge is -2.36. The van der Waals surface area contributed by atoms with Gasteiger partial charge in [0.05, 0.1) is 4.75 Å². The molecule has 10 heteroatoms. The van der Waals surface area contributed by atoms with E-state index in [9.17, 15) is 13.2 Å². The number of rotatable bonds is 9. The van der Waals surface area contributed by atoms with Crippen molar-refractivity contribution in [1.82, 2.24) is 14.7 Å². The number of aromatic nitrogens is 2. The second-order valence-corrected chi connectivity index (χ2v) is 11.6. The van der Waals surface area contributed by atoms with E-state index in [0.717, 1.165) is 43.5 Å². The van der Waals surface area contributed by atoms with Gasteiger partial charge in [-0.1, -0.05) is 0 Å². The average molecular weight is 475 g/mol. The molecule has 2 heterocycles. The van der Waals surface area contributed by atoms with Crippen LogP contribution in [0.1, 0.15) is 40.0 Å². The number of unbranched alkanes of at least 4 members (excludes halogenated alkanes) is 1. The number of nitrogens with zero attached hydrogens (tertiary/aromatic N) is 4. The van der Waals surface area contributed by atoms with Gasteiger partial charge in [-0.25, -0.2) is 23.1 Å². The summed E-state index contributed by atoms with van der Waals surface area (Å²) in [6, 6.07) is 9.68. The predicted molar refractivity (Wildman–Crippen MR) is 132 cm³/mol. The van der Waals surface area contributed by atoms with Crippen LogP contribution in [0.4, 0.5) is 17.3 Å². The molecule has 1 fully saturated rings. The Morgan fingerprint density at radius 2 is 1.58 bits per heavy atom. The maximum atomic E-state index is 12.2. The molecule has 1 aromatic carbocycles. The average Bonchev–Trinajstić information content (AvgIpc) is 2.79. The van der Waals surface area contributed by atoms with Crippen LogP contribution in [-0.4, -0.2) is 61.8 Å². The molecule has 3 rings (SSSR count). The van der Waals surface area contributed by atoms with Crippen molar-refractivity contribution >= 4 is 33.3 Å². The van der Waals surface area contributed by atoms with Crippen LogP contribution in [0.15, 0.2) is 42.7 Å². The third kappa shape index (κ3) is 7.13. The van der Waals surface area contributed by atoms with E-state index < -0.39 is 14.8 Å². The summed E-state index contributed by atoms with van der Waals surface area (Å²) in [6.07, 6.45) is 5.10. The molecule has 0 bridgehead atoms. The van der Waals surface area contributed by atoms with Crippen LogP contribution < -0.4 is 19.8 Å². The number of benzene rings is 1. The molecule has 33 heavy (non-hydrogen) atoms. The first-order chi connectivity index (χ1) is 15.7. The van der Waals surface area contributed by atoms with Gasteiger partial charge in [0.15, 0.2) is 0 Å². The molecule has 0 atom stereocenters. The lowest BCUT2D eigenvalue weighted by atomic mass is 10.2. The first-order valence-corrected chi connectivity index (χ1v) is 12.8. The van der Waals surface area contributed by atoms with Gasteiger partial charge in [-0.15, -0.1) is 0 Å². The first-order valence-electron chi connectivity index (χ1n) is 11.3. The van der Waals surface area contributed by atoms with Crippen molar-refractivity contribution in [3.8, 4) is 0 Å². The van der Waals surface area contributed by atoms with Crippen molar-refractivity contribution in [2.75, 3.05) is 47.8 Å². The zero-order valence-corrected chi connectivity index (χ0v) is 20.4. The Balaban J connectivity index is 1.38. The Kier molecular flexibility index (Phi) is 8.25. The normalized spacial score (nSPS) is 14.9. The number of piperazine rings is 1. The number of sulfonamides is 1. The van der Waals surface area contributed by atoms with Gasteiger partial charge < -0.3 is 15.1 Å². The minimum Gasteiger partial charge on any atom is -0.368 e. The van der Waals surface area contributed by atoms with Crippen LogP contribution in [0.5, 0.6) is 0 Å². The van der Waals surface area contributed by atoms with E-state index in [0.29, 0.717) is 25.8 Å². The number of hydrogen-bond donors (Lipinski definition) is 2. The highest BCUT2D eigenvalue weighted by Gasteiger charge is 2.28. The third-order valence-corrected chi connectivity index (χ3v) is 7.76. The van der Waals surface area contributed by atoms with Gasteiger partial charge in [0, 0.05) is 62.9 Å². The Bertz CT molecular complexity index is 999. The molecular formula is C23H34N6O3S. The topological polar surface area (TPSA) is 108 Å². The summed E-state index contributed by atoms with van der Waals surface area (Å²) in [4.78, 5) is 25.3. The monoisotopic (exact) mass is 474 g/mol. The van der Waals surface area contributed by atoms with Crippen LogP contribution >= 0.6 is 0 Å². The summed E-state index contributed by atoms with van der Waals surface area (Å²) in [7, 11) is -3.34. The van der Waals surface area contributed by atoms with E-state index in [1.54, 1.807) is 33.2 Å². The highest BCUT2D eigenvalue weighted by Crippen LogP contribution is 2.21. The van der Waals surface area contributed by atoms with E-state index in [1.165, 1.54) is 0 Å². The summed E-state index contributed by atoms with van der Waals surface area (Å²) in [5, 5.41) is 2.91. The fourth-order valence-corrected chi connectivity index (χ4v) is 4.28. The quantitative estimate of drug-likeness (QED) is 0.538. The van der Waals surface area contributed by atoms with E-state index in [-0.39, 0.29) is 5.91 Å². The van der Waals surface area contributed by atoms with Crippen molar-refractivity contribution in [3.05, 3.63) is 42.7 Å². The molecular weight excluding hydrogens is 440 g/mol. The SMILES string of the molecule is CC(C)(C)S(=O)(=O)NCCCCC(=O)Nc1ccc(N2CCN(c3ncccn3)CC2)cc1. The molecule has 1 aliphatic rings. The minimum atomic E-state index is -3.34. The van der Waals surface area contributed by atoms with E-state index in [2.05, 4.69) is 29.8 Å². The standard InChI is InChI=1S/C23H34N6O3S/c1-23(2,3)33(31,32)26-14-5-4-7-21(30)27-19-8-10-20(11-9-19)28-15-17-29(18-16-28)22-24-12-6-13-25-22/h6,8-13,26H,4-5,7,14-18H2,1-3H3,(H,27,30). The molecule has 1 amide bonds. The second-order valence-electron chi connectivity index (χ2n) is 9.09. The van der Waals surface area contributed by atoms with Crippen molar-refractivity contribution in [2.45, 2.75) is 44.8 Å². The molecule has 0 spiro atoms. The lowest BCUT2D eigenvalue weighted by molar-refractivity contribution is -0.116. The highest BCUT2D eigenvalue weighted by atomic mass is 32.2. The van der Waals surface area contributed by atoms with Gasteiger partial charge in [-0.05, 0) is 63.9 Å². The van der Waals surface area contributed by atoms with E-state index in [1.807, 2.05) is 30.3 Å². The maximum absolute atomic E-state index is 12.2. The second kappa shape index (κ2) is 10.9. The maximum Gasteiger partial charge on any atom is 0.225 e. The van der Waals surface area contributed by atoms with Crippen molar-refractivity contribution < 1.29 is 13.2 Å². The molecule has 0 unspecified atom stereocenters. The zero-order chi connectivity index (χ0) is 23.9. The molecule has 9 nitrogen and oxygen atoms in total. The molecule has 0 saturated carbocycles. The fourth-order valence-electron chi connectivity index (χ4n) is 3.43. The number of anilines is 3. The van der Waals surface area contributed by atoms with Crippen LogP contribution in [0.25, 0.3) is 0 Å². The van der Waals surface area contributed by atoms with Crippen molar-refractivity contribution in [1.29, 1.82) is 0 Å². The zero-order valence-electron chi connectivity index (χ0n) is 19.6. The molecule has 2 N–H and O–H groups in total. The summed E-state index contributed by atoms with van der Waals surface area (Å²) < 4.78 is 25.8. The predicted octanol–water partition coefficient (Wildman–Crippen LogP) is 2.63. The van der Waals surface area contributed by atoms with Crippen molar-refractivity contribution in [3.63, 3.8) is 0 Å². The van der Waals surface area contributed by atoms with Crippen LogP contribution in [0, 0.1) is 0 Å². The van der Waals surface area contributed by atoms with Crippen molar-refractivity contribution in [2.24, 2.45) is 0 Å². The number of hydrogen-bond acceptors (Lipinski definition) is 7. The summed E-state index contributed by atoms with van der Waals surface area (Å²) in [5.74, 6) is 0.694. The van der Waals surface area contributed by atoms with Crippen LogP contribution in [0.2, 0.25) is 0 Å². The summed E-state index contributed by atoms with van der Waals surface area (Å²) >= 11 is 0. The van der Waals surface area contributed by atoms with Crippen LogP contribution in [0.3, 0.4) is 0 Å². The largest absolute Gasteiger partial charge is 0.368 e. The van der Waals surface area contributed by atoms with Crippen LogP contribution in [-0.2, 0) is 14.8 Å². The number of amides is 1. The van der Waals surface area contributed by atoms with Gasteiger partial charge >= 0.3 is 0 Å². The molecule has 2 aromatic rings. The lowest BCUT2D eigenvalue weighted by Crippen LogP contribution is -2.47. The number of carbonyl (C=O) groups excluding carboxylic acids is 1. The molecule has 0 aliphatic carbocycles. The van der Waals surface area contributed by atoms with Gasteiger partial charge in [-0.2, -0.15) is 0 Å². The molecule has 180 valence electrons. The van der Waals surface area contributed by atoms with Gasteiger partial charge in [-0.3, -0.25) is 4.79 Å².